The Hall–Kier alpha value is -1.57. The first-order valence-corrected chi connectivity index (χ1v) is 8.26. The van der Waals surface area contributed by atoms with E-state index in [9.17, 15) is 4.79 Å². The van der Waals surface area contributed by atoms with Gasteiger partial charge in [0, 0.05) is 19.2 Å². The summed E-state index contributed by atoms with van der Waals surface area (Å²) < 4.78 is 0. The summed E-state index contributed by atoms with van der Waals surface area (Å²) in [5.41, 5.74) is 0. The van der Waals surface area contributed by atoms with Gasteiger partial charge in [-0.3, -0.25) is 4.79 Å². The molecule has 0 aromatic rings. The highest BCUT2D eigenvalue weighted by molar-refractivity contribution is 5.87. The lowest BCUT2D eigenvalue weighted by molar-refractivity contribution is -0.126. The zero-order valence-electron chi connectivity index (χ0n) is 13.3. The molecule has 0 aromatic heterocycles. The Balaban J connectivity index is 2.09. The third-order valence-electron chi connectivity index (χ3n) is 3.49. The number of carbonyl (C=O) groups excluding carboxylic acids is 1. The number of nitrogens with zero attached hydrogens (tertiary/aromatic N) is 1. The molecule has 1 aliphatic rings. The van der Waals surface area contributed by atoms with Crippen LogP contribution in [0.4, 0.5) is 0 Å². The van der Waals surface area contributed by atoms with Crippen LogP contribution in [0.2, 0.25) is 0 Å². The maximum Gasteiger partial charge on any atom is 0.246 e. The highest BCUT2D eigenvalue weighted by Gasteiger charge is 2.12. The predicted molar refractivity (Wildman–Crippen MR) is 91.1 cm³/mol. The van der Waals surface area contributed by atoms with Crippen molar-refractivity contribution in [2.45, 2.75) is 51.9 Å². The minimum Gasteiger partial charge on any atom is -0.339 e. The Bertz CT molecular complexity index is 384. The van der Waals surface area contributed by atoms with E-state index >= 15 is 0 Å². The average Bonchev–Trinajstić information content (AvgIpc) is 2.53. The topological polar surface area (TPSA) is 20.3 Å². The lowest BCUT2D eigenvalue weighted by Gasteiger charge is -2.25. The van der Waals surface area contributed by atoms with E-state index in [4.69, 9.17) is 0 Å². The van der Waals surface area contributed by atoms with Crippen LogP contribution in [0.5, 0.6) is 0 Å². The van der Waals surface area contributed by atoms with Crippen molar-refractivity contribution in [3.05, 3.63) is 48.6 Å². The van der Waals surface area contributed by atoms with Gasteiger partial charge in [0.15, 0.2) is 0 Å². The third-order valence-corrected chi connectivity index (χ3v) is 3.49. The minimum atomic E-state index is 0.155. The molecule has 2 nitrogen and oxygen atoms in total. The molecule has 1 amide bonds. The minimum absolute atomic E-state index is 0.155. The molecular weight excluding hydrogens is 258 g/mol. The van der Waals surface area contributed by atoms with Crippen molar-refractivity contribution in [2.75, 3.05) is 13.1 Å². The summed E-state index contributed by atoms with van der Waals surface area (Å²) in [4.78, 5) is 13.8. The smallest absolute Gasteiger partial charge is 0.246 e. The molecule has 1 aliphatic heterocycles. The summed E-state index contributed by atoms with van der Waals surface area (Å²) >= 11 is 0. The van der Waals surface area contributed by atoms with Crippen molar-refractivity contribution in [3.8, 4) is 0 Å². The van der Waals surface area contributed by atoms with Crippen molar-refractivity contribution in [3.63, 3.8) is 0 Å². The van der Waals surface area contributed by atoms with E-state index in [2.05, 4.69) is 37.3 Å². The summed E-state index contributed by atoms with van der Waals surface area (Å²) in [6, 6.07) is 0. The fourth-order valence-electron chi connectivity index (χ4n) is 2.28. The normalized spacial score (nSPS) is 16.9. The summed E-state index contributed by atoms with van der Waals surface area (Å²) in [7, 11) is 0. The number of likely N-dealkylation sites (tertiary alicyclic amines) is 1. The molecule has 1 saturated heterocycles. The molecule has 0 atom stereocenters. The Morgan fingerprint density at radius 2 is 1.62 bits per heavy atom. The highest BCUT2D eigenvalue weighted by atomic mass is 16.2. The van der Waals surface area contributed by atoms with Gasteiger partial charge in [-0.25, -0.2) is 0 Å². The first-order valence-electron chi connectivity index (χ1n) is 8.26. The maximum atomic E-state index is 11.8. The van der Waals surface area contributed by atoms with Gasteiger partial charge in [-0.2, -0.15) is 0 Å². The Morgan fingerprint density at radius 1 is 0.905 bits per heavy atom. The first kappa shape index (κ1) is 17.5. The van der Waals surface area contributed by atoms with Crippen LogP contribution in [-0.4, -0.2) is 23.9 Å². The summed E-state index contributed by atoms with van der Waals surface area (Å²) in [5.74, 6) is 0.155. The van der Waals surface area contributed by atoms with Gasteiger partial charge in [-0.1, -0.05) is 49.5 Å². The fourth-order valence-corrected chi connectivity index (χ4v) is 2.28. The van der Waals surface area contributed by atoms with Crippen LogP contribution in [0.25, 0.3) is 0 Å². The van der Waals surface area contributed by atoms with Crippen LogP contribution in [0, 0.1) is 0 Å². The van der Waals surface area contributed by atoms with Crippen molar-refractivity contribution in [1.82, 2.24) is 4.90 Å². The van der Waals surface area contributed by atoms with Crippen LogP contribution in [-0.2, 0) is 4.79 Å². The van der Waals surface area contributed by atoms with Gasteiger partial charge < -0.3 is 4.90 Å². The quantitative estimate of drug-likeness (QED) is 0.272. The van der Waals surface area contributed by atoms with Gasteiger partial charge in [0.05, 0.1) is 0 Å². The van der Waals surface area contributed by atoms with Gasteiger partial charge in [0.2, 0.25) is 5.91 Å². The lowest BCUT2D eigenvalue weighted by atomic mass is 10.1. The molecule has 0 saturated carbocycles. The van der Waals surface area contributed by atoms with E-state index in [0.29, 0.717) is 0 Å². The van der Waals surface area contributed by atoms with Gasteiger partial charge in [0.25, 0.3) is 0 Å². The highest BCUT2D eigenvalue weighted by Crippen LogP contribution is 2.08. The lowest BCUT2D eigenvalue weighted by Crippen LogP contribution is -2.34. The average molecular weight is 287 g/mol. The molecule has 2 heteroatoms. The Labute approximate surface area is 129 Å². The van der Waals surface area contributed by atoms with Gasteiger partial charge in [-0.15, -0.1) is 0 Å². The van der Waals surface area contributed by atoms with Gasteiger partial charge >= 0.3 is 0 Å². The SMILES string of the molecule is CC/C=C\C/C=C\CC/C=C/C=C/C(=O)N1CCCCC1. The number of carbonyl (C=O) groups is 1. The molecule has 1 rings (SSSR count). The van der Waals surface area contributed by atoms with E-state index < -0.39 is 0 Å². The van der Waals surface area contributed by atoms with Crippen LogP contribution in [0.1, 0.15) is 51.9 Å². The number of amides is 1. The molecule has 0 spiro atoms. The largest absolute Gasteiger partial charge is 0.339 e. The second-order valence-corrected chi connectivity index (χ2v) is 5.34. The van der Waals surface area contributed by atoms with Crippen LogP contribution in [0.15, 0.2) is 48.6 Å². The van der Waals surface area contributed by atoms with E-state index in [1.807, 2.05) is 17.1 Å². The van der Waals surface area contributed by atoms with Gasteiger partial charge in [-0.05, 0) is 44.9 Å². The van der Waals surface area contributed by atoms with Gasteiger partial charge in [0.1, 0.15) is 0 Å². The number of allylic oxidation sites excluding steroid dienone is 7. The molecule has 21 heavy (non-hydrogen) atoms. The Morgan fingerprint density at radius 3 is 2.38 bits per heavy atom. The van der Waals surface area contributed by atoms with Crippen molar-refractivity contribution < 1.29 is 4.79 Å². The van der Waals surface area contributed by atoms with Crippen LogP contribution >= 0.6 is 0 Å². The number of hydrogen-bond donors (Lipinski definition) is 0. The molecule has 1 fully saturated rings. The maximum absolute atomic E-state index is 11.8. The molecule has 0 unspecified atom stereocenters. The molecule has 116 valence electrons. The zero-order chi connectivity index (χ0) is 15.2. The van der Waals surface area contributed by atoms with E-state index in [1.54, 1.807) is 6.08 Å². The molecule has 0 N–H and O–H groups in total. The van der Waals surface area contributed by atoms with Crippen LogP contribution < -0.4 is 0 Å². The van der Waals surface area contributed by atoms with E-state index in [-0.39, 0.29) is 5.91 Å². The standard InChI is InChI=1S/C19H29NO/c1-2-3-4-5-6-7-8-9-10-11-13-16-19(21)20-17-14-12-15-18-20/h3-4,6-7,10-11,13,16H,2,5,8-9,12,14-15,17-18H2,1H3/b4-3-,7-6-,11-10+,16-13+. The fraction of sp³-hybridized carbons (Fsp3) is 0.526. The van der Waals surface area contributed by atoms with Crippen molar-refractivity contribution in [1.29, 1.82) is 0 Å². The molecule has 0 radical (unpaired) electrons. The second kappa shape index (κ2) is 12.2. The number of hydrogen-bond acceptors (Lipinski definition) is 1. The van der Waals surface area contributed by atoms with Crippen molar-refractivity contribution >= 4 is 5.91 Å². The number of rotatable bonds is 8. The molecule has 0 aromatic carbocycles. The molecular formula is C19H29NO. The Kier molecular flexibility index (Phi) is 10.1. The summed E-state index contributed by atoms with van der Waals surface area (Å²) in [5, 5.41) is 0. The predicted octanol–water partition coefficient (Wildman–Crippen LogP) is 4.80. The zero-order valence-corrected chi connectivity index (χ0v) is 13.3. The van der Waals surface area contributed by atoms with Crippen LogP contribution in [0.3, 0.4) is 0 Å². The van der Waals surface area contributed by atoms with E-state index in [0.717, 1.165) is 51.6 Å². The summed E-state index contributed by atoms with van der Waals surface area (Å²) in [6.07, 6.45) is 24.2. The number of piperidine rings is 1. The molecule has 1 heterocycles. The molecule has 0 bridgehead atoms. The van der Waals surface area contributed by atoms with Crippen molar-refractivity contribution in [2.24, 2.45) is 0 Å². The van der Waals surface area contributed by atoms with E-state index in [1.165, 1.54) is 6.42 Å². The molecule has 0 aliphatic carbocycles. The first-order chi connectivity index (χ1) is 10.3. The monoisotopic (exact) mass is 287 g/mol. The third kappa shape index (κ3) is 9.06. The number of unbranched alkanes of at least 4 members (excludes halogenated alkanes) is 1. The second-order valence-electron chi connectivity index (χ2n) is 5.34. The summed E-state index contributed by atoms with van der Waals surface area (Å²) in [6.45, 7) is 3.99.